The molecule has 1 aromatic carbocycles. The smallest absolute Gasteiger partial charge is 0.350 e. The highest BCUT2D eigenvalue weighted by Crippen LogP contribution is 2.24. The fraction of sp³-hybridized carbons (Fsp3) is 0.182. The summed E-state index contributed by atoms with van der Waals surface area (Å²) in [5, 5.41) is 14.6. The molecule has 7 heteroatoms. The van der Waals surface area contributed by atoms with Gasteiger partial charge in [-0.05, 0) is 6.07 Å². The van der Waals surface area contributed by atoms with E-state index in [2.05, 4.69) is 5.10 Å². The molecule has 2 aromatic rings. The molecule has 0 saturated heterocycles. The van der Waals surface area contributed by atoms with Crippen LogP contribution in [0.4, 0.5) is 10.1 Å². The Balaban J connectivity index is 2.30. The van der Waals surface area contributed by atoms with E-state index in [4.69, 9.17) is 4.74 Å². The third-order valence-electron chi connectivity index (χ3n) is 2.39. The Hall–Kier alpha value is -2.44. The van der Waals surface area contributed by atoms with Crippen LogP contribution in [-0.4, -0.2) is 21.8 Å². The quantitative estimate of drug-likeness (QED) is 0.615. The number of halogens is 1. The molecule has 0 spiro atoms. The van der Waals surface area contributed by atoms with Gasteiger partial charge in [0.1, 0.15) is 12.0 Å². The summed E-state index contributed by atoms with van der Waals surface area (Å²) in [6.45, 7) is 0.108. The first-order valence-electron chi connectivity index (χ1n) is 5.11. The first-order valence-corrected chi connectivity index (χ1v) is 5.11. The summed E-state index contributed by atoms with van der Waals surface area (Å²) < 4.78 is 19.5. The third kappa shape index (κ3) is 2.29. The van der Waals surface area contributed by atoms with Crippen LogP contribution in [0.1, 0.15) is 5.56 Å². The van der Waals surface area contributed by atoms with Crippen LogP contribution >= 0.6 is 0 Å². The van der Waals surface area contributed by atoms with E-state index in [0.717, 1.165) is 0 Å². The van der Waals surface area contributed by atoms with Gasteiger partial charge in [0.2, 0.25) is 0 Å². The molecule has 0 N–H and O–H groups in total. The third-order valence-corrected chi connectivity index (χ3v) is 2.39. The van der Waals surface area contributed by atoms with Crippen LogP contribution < -0.4 is 4.74 Å². The van der Waals surface area contributed by atoms with Crippen molar-refractivity contribution in [2.45, 2.75) is 6.54 Å². The number of nitrogens with zero attached hydrogens (tertiary/aromatic N) is 3. The van der Waals surface area contributed by atoms with E-state index < -0.39 is 4.92 Å². The summed E-state index contributed by atoms with van der Waals surface area (Å²) in [5.74, 6) is -0.467. The minimum Gasteiger partial charge on any atom is -0.475 e. The summed E-state index contributed by atoms with van der Waals surface area (Å²) in [6, 6.07) is 6.18. The normalized spacial score (nSPS) is 10.3. The van der Waals surface area contributed by atoms with Crippen LogP contribution in [0.5, 0.6) is 5.88 Å². The first kappa shape index (κ1) is 12.0. The van der Waals surface area contributed by atoms with E-state index in [9.17, 15) is 14.5 Å². The largest absolute Gasteiger partial charge is 0.475 e. The van der Waals surface area contributed by atoms with Gasteiger partial charge in [-0.3, -0.25) is 14.8 Å². The minimum atomic E-state index is -0.594. The molecular weight excluding hydrogens is 241 g/mol. The summed E-state index contributed by atoms with van der Waals surface area (Å²) in [6.07, 6.45) is 1.21. The standard InChI is InChI=1S/C11H10FN3O3/c1-18-11-10(15(16)17)7-14(13-11)6-8-4-2-3-5-9(8)12/h2-5,7H,6H2,1H3. The van der Waals surface area contributed by atoms with Crippen LogP contribution in [-0.2, 0) is 6.54 Å². The second kappa shape index (κ2) is 4.82. The van der Waals surface area contributed by atoms with E-state index >= 15 is 0 Å². The van der Waals surface area contributed by atoms with Gasteiger partial charge in [0.25, 0.3) is 0 Å². The van der Waals surface area contributed by atoms with Crippen molar-refractivity contribution >= 4 is 5.69 Å². The summed E-state index contributed by atoms with van der Waals surface area (Å²) in [7, 11) is 1.29. The lowest BCUT2D eigenvalue weighted by Crippen LogP contribution is -2.02. The number of methoxy groups -OCH3 is 1. The van der Waals surface area contributed by atoms with Crippen LogP contribution in [0.15, 0.2) is 30.5 Å². The van der Waals surface area contributed by atoms with Gasteiger partial charge in [-0.25, -0.2) is 4.39 Å². The number of hydrogen-bond acceptors (Lipinski definition) is 4. The molecule has 1 aromatic heterocycles. The van der Waals surface area contributed by atoms with Crippen molar-refractivity contribution < 1.29 is 14.1 Å². The van der Waals surface area contributed by atoms with Gasteiger partial charge in [0, 0.05) is 5.56 Å². The molecule has 0 unspecified atom stereocenters. The lowest BCUT2D eigenvalue weighted by molar-refractivity contribution is -0.385. The maximum absolute atomic E-state index is 13.4. The number of ether oxygens (including phenoxy) is 1. The van der Waals surface area contributed by atoms with Crippen molar-refractivity contribution in [2.24, 2.45) is 0 Å². The van der Waals surface area contributed by atoms with Crippen LogP contribution in [0.3, 0.4) is 0 Å². The van der Waals surface area contributed by atoms with Crippen LogP contribution in [0.25, 0.3) is 0 Å². The van der Waals surface area contributed by atoms with Gasteiger partial charge in [-0.15, -0.1) is 5.10 Å². The maximum Gasteiger partial charge on any atom is 0.350 e. The lowest BCUT2D eigenvalue weighted by atomic mass is 10.2. The van der Waals surface area contributed by atoms with Crippen molar-refractivity contribution in [2.75, 3.05) is 7.11 Å². The molecular formula is C11H10FN3O3. The van der Waals surface area contributed by atoms with Gasteiger partial charge >= 0.3 is 11.6 Å². The van der Waals surface area contributed by atoms with Gasteiger partial charge in [-0.2, -0.15) is 0 Å². The summed E-state index contributed by atoms with van der Waals surface area (Å²) >= 11 is 0. The van der Waals surface area contributed by atoms with Gasteiger partial charge in [0.05, 0.1) is 18.6 Å². The van der Waals surface area contributed by atoms with E-state index in [0.29, 0.717) is 5.56 Å². The van der Waals surface area contributed by atoms with Gasteiger partial charge in [-0.1, -0.05) is 18.2 Å². The molecule has 6 nitrogen and oxygen atoms in total. The number of nitro groups is 1. The zero-order valence-electron chi connectivity index (χ0n) is 9.54. The number of rotatable bonds is 4. The lowest BCUT2D eigenvalue weighted by Gasteiger charge is -2.02. The zero-order chi connectivity index (χ0) is 13.1. The maximum atomic E-state index is 13.4. The van der Waals surface area contributed by atoms with Gasteiger partial charge < -0.3 is 4.74 Å². The van der Waals surface area contributed by atoms with Crippen LogP contribution in [0.2, 0.25) is 0 Å². The Bertz CT molecular complexity index is 583. The van der Waals surface area contributed by atoms with E-state index in [1.54, 1.807) is 18.2 Å². The van der Waals surface area contributed by atoms with E-state index in [1.165, 1.54) is 24.1 Å². The van der Waals surface area contributed by atoms with Crippen molar-refractivity contribution in [3.05, 3.63) is 52.0 Å². The average Bonchev–Trinajstić information content (AvgIpc) is 2.75. The fourth-order valence-electron chi connectivity index (χ4n) is 1.55. The molecule has 0 aliphatic rings. The Labute approximate surface area is 102 Å². The second-order valence-corrected chi connectivity index (χ2v) is 3.57. The highest BCUT2D eigenvalue weighted by atomic mass is 19.1. The molecule has 2 rings (SSSR count). The Morgan fingerprint density at radius 2 is 2.22 bits per heavy atom. The highest BCUT2D eigenvalue weighted by Gasteiger charge is 2.20. The average molecular weight is 251 g/mol. The van der Waals surface area contributed by atoms with Crippen LogP contribution in [0, 0.1) is 15.9 Å². The predicted molar refractivity (Wildman–Crippen MR) is 60.9 cm³/mol. The van der Waals surface area contributed by atoms with E-state index in [1.807, 2.05) is 0 Å². The summed E-state index contributed by atoms with van der Waals surface area (Å²) in [5.41, 5.74) is 0.159. The van der Waals surface area contributed by atoms with Crippen molar-refractivity contribution in [3.63, 3.8) is 0 Å². The molecule has 0 radical (unpaired) electrons. The van der Waals surface area contributed by atoms with Crippen molar-refractivity contribution in [1.82, 2.24) is 9.78 Å². The molecule has 1 heterocycles. The fourth-order valence-corrected chi connectivity index (χ4v) is 1.55. The molecule has 0 aliphatic heterocycles. The monoisotopic (exact) mass is 251 g/mol. The predicted octanol–water partition coefficient (Wildman–Crippen LogP) is 1.99. The molecule has 0 aliphatic carbocycles. The number of hydrogen-bond donors (Lipinski definition) is 0. The Morgan fingerprint density at radius 3 is 2.78 bits per heavy atom. The molecule has 94 valence electrons. The highest BCUT2D eigenvalue weighted by molar-refractivity contribution is 5.38. The molecule has 18 heavy (non-hydrogen) atoms. The van der Waals surface area contributed by atoms with Crippen molar-refractivity contribution in [1.29, 1.82) is 0 Å². The molecule has 0 saturated carbocycles. The summed E-state index contributed by atoms with van der Waals surface area (Å²) in [4.78, 5) is 10.1. The second-order valence-electron chi connectivity index (χ2n) is 3.57. The minimum absolute atomic E-state index is 0.0867. The Kier molecular flexibility index (Phi) is 3.22. The molecule has 0 fully saturated rings. The number of aromatic nitrogens is 2. The number of benzene rings is 1. The first-order chi connectivity index (χ1) is 8.61. The Morgan fingerprint density at radius 1 is 1.50 bits per heavy atom. The molecule has 0 amide bonds. The van der Waals surface area contributed by atoms with E-state index in [-0.39, 0.29) is 23.9 Å². The van der Waals surface area contributed by atoms with Gasteiger partial charge in [0.15, 0.2) is 0 Å². The van der Waals surface area contributed by atoms with Crippen molar-refractivity contribution in [3.8, 4) is 5.88 Å². The molecule has 0 atom stereocenters. The zero-order valence-corrected chi connectivity index (χ0v) is 9.54. The SMILES string of the molecule is COc1nn(Cc2ccccc2F)cc1[N+](=O)[O-]. The molecule has 0 bridgehead atoms. The topological polar surface area (TPSA) is 70.2 Å².